The highest BCUT2D eigenvalue weighted by Gasteiger charge is 2.36. The summed E-state index contributed by atoms with van der Waals surface area (Å²) in [6.45, 7) is 7.40. The predicted octanol–water partition coefficient (Wildman–Crippen LogP) is 4.84. The summed E-state index contributed by atoms with van der Waals surface area (Å²) >= 11 is 3.81. The van der Waals surface area contributed by atoms with Crippen LogP contribution in [0, 0.1) is 11.3 Å². The highest BCUT2D eigenvalue weighted by molar-refractivity contribution is 9.09. The van der Waals surface area contributed by atoms with Crippen molar-refractivity contribution in [2.75, 3.05) is 18.4 Å². The molecular weight excluding hydrogens is 286 g/mol. The summed E-state index contributed by atoms with van der Waals surface area (Å²) < 4.78 is 0. The standard InChI is InChI=1S/C16H30BrN/c1-14(2)11-18(15-7-3-4-8-15)13-16(12-17)9-5-6-10-16/h14-15H,3-13H2,1-2H3. The molecule has 106 valence electrons. The van der Waals surface area contributed by atoms with Gasteiger partial charge in [-0.1, -0.05) is 55.5 Å². The van der Waals surface area contributed by atoms with Gasteiger partial charge >= 0.3 is 0 Å². The lowest BCUT2D eigenvalue weighted by Crippen LogP contribution is -2.44. The van der Waals surface area contributed by atoms with Crippen molar-refractivity contribution in [3.8, 4) is 0 Å². The van der Waals surface area contributed by atoms with Crippen molar-refractivity contribution in [2.45, 2.75) is 71.3 Å². The summed E-state index contributed by atoms with van der Waals surface area (Å²) in [5, 5.41) is 1.21. The van der Waals surface area contributed by atoms with Crippen LogP contribution in [-0.2, 0) is 0 Å². The van der Waals surface area contributed by atoms with Crippen molar-refractivity contribution in [1.82, 2.24) is 4.90 Å². The molecule has 0 aliphatic heterocycles. The molecule has 2 saturated carbocycles. The molecular formula is C16H30BrN. The summed E-state index contributed by atoms with van der Waals surface area (Å²) in [6, 6.07) is 0.893. The Hall–Kier alpha value is 0.440. The molecule has 0 amide bonds. The molecule has 2 aliphatic rings. The van der Waals surface area contributed by atoms with Gasteiger partial charge in [0, 0.05) is 24.5 Å². The van der Waals surface area contributed by atoms with Gasteiger partial charge in [-0.25, -0.2) is 0 Å². The molecule has 0 unspecified atom stereocenters. The first-order valence-electron chi connectivity index (χ1n) is 7.95. The van der Waals surface area contributed by atoms with Gasteiger partial charge in [0.25, 0.3) is 0 Å². The van der Waals surface area contributed by atoms with Gasteiger partial charge in [-0.05, 0) is 37.0 Å². The lowest BCUT2D eigenvalue weighted by Gasteiger charge is -2.38. The van der Waals surface area contributed by atoms with E-state index in [9.17, 15) is 0 Å². The fourth-order valence-electron chi connectivity index (χ4n) is 3.97. The van der Waals surface area contributed by atoms with E-state index in [0.29, 0.717) is 5.41 Å². The molecule has 2 heteroatoms. The van der Waals surface area contributed by atoms with Gasteiger partial charge in [0.1, 0.15) is 0 Å². The third kappa shape index (κ3) is 3.72. The van der Waals surface area contributed by atoms with Gasteiger partial charge in [0.15, 0.2) is 0 Å². The first kappa shape index (κ1) is 14.8. The van der Waals surface area contributed by atoms with E-state index >= 15 is 0 Å². The summed E-state index contributed by atoms with van der Waals surface area (Å²) in [5.74, 6) is 0.805. The van der Waals surface area contributed by atoms with Crippen LogP contribution in [0.5, 0.6) is 0 Å². The van der Waals surface area contributed by atoms with Crippen LogP contribution in [0.15, 0.2) is 0 Å². The molecule has 0 aromatic carbocycles. The SMILES string of the molecule is CC(C)CN(CC1(CBr)CCCC1)C1CCCC1. The van der Waals surface area contributed by atoms with E-state index in [1.807, 2.05) is 0 Å². The molecule has 0 radical (unpaired) electrons. The number of alkyl halides is 1. The molecule has 0 spiro atoms. The third-order valence-corrected chi connectivity index (χ3v) is 6.12. The van der Waals surface area contributed by atoms with Gasteiger partial charge in [0.05, 0.1) is 0 Å². The molecule has 2 aliphatic carbocycles. The summed E-state index contributed by atoms with van der Waals surface area (Å²) in [6.07, 6.45) is 11.6. The van der Waals surface area contributed by atoms with E-state index in [4.69, 9.17) is 0 Å². The fraction of sp³-hybridized carbons (Fsp3) is 1.00. The van der Waals surface area contributed by atoms with Crippen LogP contribution >= 0.6 is 15.9 Å². The summed E-state index contributed by atoms with van der Waals surface area (Å²) in [4.78, 5) is 2.85. The second-order valence-corrected chi connectivity index (χ2v) is 7.66. The van der Waals surface area contributed by atoms with Crippen molar-refractivity contribution in [3.05, 3.63) is 0 Å². The maximum atomic E-state index is 3.81. The maximum absolute atomic E-state index is 3.81. The Morgan fingerprint density at radius 2 is 1.72 bits per heavy atom. The molecule has 0 aromatic heterocycles. The Labute approximate surface area is 122 Å². The monoisotopic (exact) mass is 315 g/mol. The van der Waals surface area contributed by atoms with Crippen molar-refractivity contribution in [3.63, 3.8) is 0 Å². The number of rotatable bonds is 6. The van der Waals surface area contributed by atoms with Crippen LogP contribution in [0.4, 0.5) is 0 Å². The van der Waals surface area contributed by atoms with Gasteiger partial charge in [-0.3, -0.25) is 4.90 Å². The lowest BCUT2D eigenvalue weighted by molar-refractivity contribution is 0.112. The van der Waals surface area contributed by atoms with E-state index in [0.717, 1.165) is 12.0 Å². The molecule has 0 saturated heterocycles. The minimum atomic E-state index is 0.595. The van der Waals surface area contributed by atoms with Crippen LogP contribution in [-0.4, -0.2) is 29.4 Å². The van der Waals surface area contributed by atoms with Gasteiger partial charge in [-0.2, -0.15) is 0 Å². The number of nitrogens with zero attached hydrogens (tertiary/aromatic N) is 1. The van der Waals surface area contributed by atoms with Crippen LogP contribution in [0.25, 0.3) is 0 Å². The zero-order chi connectivity index (χ0) is 13.0. The zero-order valence-electron chi connectivity index (χ0n) is 12.3. The Bertz CT molecular complexity index is 239. The average Bonchev–Trinajstić information content (AvgIpc) is 2.99. The molecule has 2 fully saturated rings. The van der Waals surface area contributed by atoms with Crippen molar-refractivity contribution in [2.24, 2.45) is 11.3 Å². The summed E-state index contributed by atoms with van der Waals surface area (Å²) in [5.41, 5.74) is 0.595. The van der Waals surface area contributed by atoms with E-state index in [1.54, 1.807) is 0 Å². The lowest BCUT2D eigenvalue weighted by atomic mass is 9.87. The molecule has 0 bridgehead atoms. The number of halogens is 1. The smallest absolute Gasteiger partial charge is 0.0100 e. The van der Waals surface area contributed by atoms with Crippen molar-refractivity contribution >= 4 is 15.9 Å². The van der Waals surface area contributed by atoms with E-state index in [-0.39, 0.29) is 0 Å². The van der Waals surface area contributed by atoms with Crippen LogP contribution in [0.2, 0.25) is 0 Å². The van der Waals surface area contributed by atoms with Crippen molar-refractivity contribution in [1.29, 1.82) is 0 Å². The molecule has 1 nitrogen and oxygen atoms in total. The largest absolute Gasteiger partial charge is 0.300 e. The molecule has 0 atom stereocenters. The minimum Gasteiger partial charge on any atom is -0.300 e. The third-order valence-electron chi connectivity index (χ3n) is 4.93. The van der Waals surface area contributed by atoms with Gasteiger partial charge in [-0.15, -0.1) is 0 Å². The Morgan fingerprint density at radius 3 is 2.22 bits per heavy atom. The molecule has 18 heavy (non-hydrogen) atoms. The average molecular weight is 316 g/mol. The second-order valence-electron chi connectivity index (χ2n) is 7.10. The highest BCUT2D eigenvalue weighted by atomic mass is 79.9. The second kappa shape index (κ2) is 6.74. The van der Waals surface area contributed by atoms with Crippen LogP contribution in [0.3, 0.4) is 0 Å². The number of hydrogen-bond acceptors (Lipinski definition) is 1. The van der Waals surface area contributed by atoms with E-state index in [1.165, 1.54) is 69.8 Å². The quantitative estimate of drug-likeness (QED) is 0.634. The Balaban J connectivity index is 1.98. The van der Waals surface area contributed by atoms with Gasteiger partial charge < -0.3 is 0 Å². The van der Waals surface area contributed by atoms with E-state index in [2.05, 4.69) is 34.7 Å². The maximum Gasteiger partial charge on any atom is 0.0100 e. The number of hydrogen-bond donors (Lipinski definition) is 0. The highest BCUT2D eigenvalue weighted by Crippen LogP contribution is 2.41. The Morgan fingerprint density at radius 1 is 1.11 bits per heavy atom. The normalized spacial score (nSPS) is 24.5. The molecule has 0 aromatic rings. The fourth-order valence-corrected chi connectivity index (χ4v) is 4.71. The Kier molecular flexibility index (Phi) is 5.56. The van der Waals surface area contributed by atoms with Gasteiger partial charge in [0.2, 0.25) is 0 Å². The van der Waals surface area contributed by atoms with Crippen LogP contribution in [0.1, 0.15) is 65.2 Å². The predicted molar refractivity (Wildman–Crippen MR) is 83.4 cm³/mol. The minimum absolute atomic E-state index is 0.595. The first-order chi connectivity index (χ1) is 8.65. The van der Waals surface area contributed by atoms with Crippen LogP contribution < -0.4 is 0 Å². The molecule has 0 heterocycles. The van der Waals surface area contributed by atoms with Crippen molar-refractivity contribution < 1.29 is 0 Å². The molecule has 2 rings (SSSR count). The zero-order valence-corrected chi connectivity index (χ0v) is 13.8. The summed E-state index contributed by atoms with van der Waals surface area (Å²) in [7, 11) is 0. The first-order valence-corrected chi connectivity index (χ1v) is 9.07. The topological polar surface area (TPSA) is 3.24 Å². The molecule has 0 N–H and O–H groups in total. The van der Waals surface area contributed by atoms with E-state index < -0.39 is 0 Å².